The third kappa shape index (κ3) is 2.80. The van der Waals surface area contributed by atoms with Crippen molar-refractivity contribution in [3.05, 3.63) is 18.0 Å². The second kappa shape index (κ2) is 5.32. The Morgan fingerprint density at radius 3 is 2.95 bits per heavy atom. The van der Waals surface area contributed by atoms with Gasteiger partial charge in [-0.3, -0.25) is 0 Å². The summed E-state index contributed by atoms with van der Waals surface area (Å²) in [6.07, 6.45) is 1.96. The van der Waals surface area contributed by atoms with Crippen molar-refractivity contribution in [2.45, 2.75) is 11.3 Å². The summed E-state index contributed by atoms with van der Waals surface area (Å²) in [7, 11) is -2.03. The Balaban J connectivity index is 2.16. The smallest absolute Gasteiger partial charge is 0.352 e. The highest BCUT2D eigenvalue weighted by molar-refractivity contribution is 7.89. The highest BCUT2D eigenvalue weighted by Gasteiger charge is 2.33. The second-order valence-corrected chi connectivity index (χ2v) is 6.47. The highest BCUT2D eigenvalue weighted by Crippen LogP contribution is 2.24. The molecule has 1 aromatic rings. The van der Waals surface area contributed by atoms with Crippen molar-refractivity contribution in [2.75, 3.05) is 26.8 Å². The van der Waals surface area contributed by atoms with Gasteiger partial charge < -0.3 is 14.8 Å². The minimum atomic E-state index is -3.62. The SMILES string of the molecule is COCC1CCN(S(=O)(=O)c2c[nH]c(C(=O)O)c2)C1. The van der Waals surface area contributed by atoms with E-state index in [9.17, 15) is 13.2 Å². The standard InChI is InChI=1S/C11H16N2O5S/c1-18-7-8-2-3-13(6-8)19(16,17)9-4-10(11(14)15)12-5-9/h4-5,8,12H,2-3,6-7H2,1H3,(H,14,15). The Kier molecular flexibility index (Phi) is 3.93. The molecule has 1 aliphatic rings. The monoisotopic (exact) mass is 288 g/mol. The van der Waals surface area contributed by atoms with Gasteiger partial charge in [-0.15, -0.1) is 0 Å². The average Bonchev–Trinajstić information content (AvgIpc) is 2.98. The fourth-order valence-corrected chi connectivity index (χ4v) is 3.71. The van der Waals surface area contributed by atoms with Crippen LogP contribution in [0, 0.1) is 5.92 Å². The van der Waals surface area contributed by atoms with Crippen LogP contribution in [-0.2, 0) is 14.8 Å². The molecule has 2 heterocycles. The lowest BCUT2D eigenvalue weighted by molar-refractivity contribution is 0.0691. The van der Waals surface area contributed by atoms with E-state index in [1.165, 1.54) is 10.5 Å². The fraction of sp³-hybridized carbons (Fsp3) is 0.545. The van der Waals surface area contributed by atoms with Crippen LogP contribution in [0.5, 0.6) is 0 Å². The molecule has 0 spiro atoms. The molecule has 1 fully saturated rings. The van der Waals surface area contributed by atoms with E-state index in [4.69, 9.17) is 9.84 Å². The van der Waals surface area contributed by atoms with Crippen LogP contribution in [0.2, 0.25) is 0 Å². The minimum Gasteiger partial charge on any atom is -0.477 e. The Bertz CT molecular complexity index is 565. The number of rotatable bonds is 5. The largest absolute Gasteiger partial charge is 0.477 e. The topological polar surface area (TPSA) is 99.7 Å². The van der Waals surface area contributed by atoms with Gasteiger partial charge in [-0.25, -0.2) is 13.2 Å². The van der Waals surface area contributed by atoms with Crippen LogP contribution in [0.25, 0.3) is 0 Å². The number of aromatic amines is 1. The predicted octanol–water partition coefficient (Wildman–Crippen LogP) is 0.370. The number of nitrogens with zero attached hydrogens (tertiary/aromatic N) is 1. The lowest BCUT2D eigenvalue weighted by Crippen LogP contribution is -2.29. The van der Waals surface area contributed by atoms with Crippen molar-refractivity contribution in [3.63, 3.8) is 0 Å². The maximum Gasteiger partial charge on any atom is 0.352 e. The number of aromatic carboxylic acids is 1. The number of carboxylic acid groups (broad SMARTS) is 1. The first kappa shape index (κ1) is 14.0. The molecule has 0 saturated carbocycles. The molecule has 0 radical (unpaired) electrons. The van der Waals surface area contributed by atoms with E-state index in [1.54, 1.807) is 7.11 Å². The predicted molar refractivity (Wildman–Crippen MR) is 66.5 cm³/mol. The van der Waals surface area contributed by atoms with Crippen LogP contribution in [0.15, 0.2) is 17.2 Å². The second-order valence-electron chi connectivity index (χ2n) is 4.53. The van der Waals surface area contributed by atoms with Gasteiger partial charge in [0.2, 0.25) is 10.0 Å². The van der Waals surface area contributed by atoms with Crippen LogP contribution in [-0.4, -0.2) is 55.6 Å². The van der Waals surface area contributed by atoms with Crippen LogP contribution >= 0.6 is 0 Å². The van der Waals surface area contributed by atoms with Gasteiger partial charge in [-0.1, -0.05) is 0 Å². The molecule has 1 unspecified atom stereocenters. The maximum absolute atomic E-state index is 12.3. The first-order valence-corrected chi connectivity index (χ1v) is 7.30. The zero-order chi connectivity index (χ0) is 14.0. The van der Waals surface area contributed by atoms with Crippen molar-refractivity contribution in [1.82, 2.24) is 9.29 Å². The van der Waals surface area contributed by atoms with Gasteiger partial charge in [0, 0.05) is 26.4 Å². The molecular formula is C11H16N2O5S. The van der Waals surface area contributed by atoms with E-state index >= 15 is 0 Å². The van der Waals surface area contributed by atoms with Gasteiger partial charge in [-0.2, -0.15) is 4.31 Å². The zero-order valence-electron chi connectivity index (χ0n) is 10.5. The van der Waals surface area contributed by atoms with Gasteiger partial charge in [0.15, 0.2) is 0 Å². The van der Waals surface area contributed by atoms with Gasteiger partial charge in [0.25, 0.3) is 0 Å². The summed E-state index contributed by atoms with van der Waals surface area (Å²) in [5.74, 6) is -0.988. The molecule has 7 nitrogen and oxygen atoms in total. The summed E-state index contributed by atoms with van der Waals surface area (Å²) in [5, 5.41) is 8.79. The first-order valence-electron chi connectivity index (χ1n) is 5.86. The summed E-state index contributed by atoms with van der Waals surface area (Å²) in [5.41, 5.74) is -0.133. The lowest BCUT2D eigenvalue weighted by atomic mass is 10.1. The molecule has 0 bridgehead atoms. The minimum absolute atomic E-state index is 0.0111. The quantitative estimate of drug-likeness (QED) is 0.815. The highest BCUT2D eigenvalue weighted by atomic mass is 32.2. The average molecular weight is 288 g/mol. The van der Waals surface area contributed by atoms with Crippen molar-refractivity contribution >= 4 is 16.0 Å². The number of sulfonamides is 1. The molecule has 1 aromatic heterocycles. The normalized spacial score (nSPS) is 20.8. The molecule has 1 saturated heterocycles. The third-order valence-corrected chi connectivity index (χ3v) is 5.02. The van der Waals surface area contributed by atoms with Crippen molar-refractivity contribution < 1.29 is 23.1 Å². The van der Waals surface area contributed by atoms with Crippen molar-refractivity contribution in [1.29, 1.82) is 0 Å². The summed E-state index contributed by atoms with van der Waals surface area (Å²) in [6, 6.07) is 1.14. The molecule has 106 valence electrons. The Hall–Kier alpha value is -1.38. The van der Waals surface area contributed by atoms with E-state index in [0.717, 1.165) is 12.5 Å². The number of H-pyrrole nitrogens is 1. The number of ether oxygens (including phenoxy) is 1. The first-order chi connectivity index (χ1) is 8.95. The molecule has 8 heteroatoms. The van der Waals surface area contributed by atoms with E-state index in [-0.39, 0.29) is 16.5 Å². The molecule has 19 heavy (non-hydrogen) atoms. The Morgan fingerprint density at radius 2 is 2.37 bits per heavy atom. The number of hydrogen-bond donors (Lipinski definition) is 2. The van der Waals surface area contributed by atoms with Gasteiger partial charge in [-0.05, 0) is 18.4 Å². The molecular weight excluding hydrogens is 272 g/mol. The summed E-state index contributed by atoms with van der Waals surface area (Å²) in [4.78, 5) is 13.2. The van der Waals surface area contributed by atoms with E-state index in [1.807, 2.05) is 0 Å². The number of aromatic nitrogens is 1. The summed E-state index contributed by atoms with van der Waals surface area (Å²) in [6.45, 7) is 1.37. The van der Waals surface area contributed by atoms with Crippen LogP contribution < -0.4 is 0 Å². The molecule has 2 rings (SSSR count). The number of carbonyl (C=O) groups is 1. The molecule has 2 N–H and O–H groups in total. The molecule has 1 atom stereocenters. The maximum atomic E-state index is 12.3. The molecule has 0 amide bonds. The van der Waals surface area contributed by atoms with E-state index in [2.05, 4.69) is 4.98 Å². The number of methoxy groups -OCH3 is 1. The Labute approximate surface area is 111 Å². The van der Waals surface area contributed by atoms with Gasteiger partial charge in [0.1, 0.15) is 10.6 Å². The summed E-state index contributed by atoms with van der Waals surface area (Å²) >= 11 is 0. The van der Waals surface area contributed by atoms with Crippen LogP contribution in [0.1, 0.15) is 16.9 Å². The summed E-state index contributed by atoms with van der Waals surface area (Å²) < 4.78 is 31.0. The van der Waals surface area contributed by atoms with E-state index < -0.39 is 16.0 Å². The van der Waals surface area contributed by atoms with E-state index in [0.29, 0.717) is 19.7 Å². The molecule has 1 aliphatic heterocycles. The third-order valence-electron chi connectivity index (χ3n) is 3.18. The molecule has 0 aromatic carbocycles. The fourth-order valence-electron chi connectivity index (χ4n) is 2.18. The van der Waals surface area contributed by atoms with Crippen molar-refractivity contribution in [3.8, 4) is 0 Å². The zero-order valence-corrected chi connectivity index (χ0v) is 11.3. The number of carboxylic acids is 1. The van der Waals surface area contributed by atoms with Gasteiger partial charge >= 0.3 is 5.97 Å². The van der Waals surface area contributed by atoms with Crippen LogP contribution in [0.3, 0.4) is 0 Å². The lowest BCUT2D eigenvalue weighted by Gasteiger charge is -2.15. The van der Waals surface area contributed by atoms with Crippen molar-refractivity contribution in [2.24, 2.45) is 5.92 Å². The van der Waals surface area contributed by atoms with Crippen LogP contribution in [0.4, 0.5) is 0 Å². The number of nitrogens with one attached hydrogen (secondary N) is 1. The number of hydrogen-bond acceptors (Lipinski definition) is 4. The van der Waals surface area contributed by atoms with Gasteiger partial charge in [0.05, 0.1) is 6.61 Å². The molecule has 0 aliphatic carbocycles. The Morgan fingerprint density at radius 1 is 1.63 bits per heavy atom.